The van der Waals surface area contributed by atoms with Crippen molar-refractivity contribution in [3.8, 4) is 11.3 Å². The Kier molecular flexibility index (Phi) is 4.87. The topological polar surface area (TPSA) is 121 Å². The van der Waals surface area contributed by atoms with Crippen LogP contribution in [0.2, 0.25) is 0 Å². The third-order valence-electron chi connectivity index (χ3n) is 3.27. The highest BCUT2D eigenvalue weighted by Gasteiger charge is 2.13. The zero-order valence-electron chi connectivity index (χ0n) is 13.5. The molecule has 0 saturated heterocycles. The molecule has 0 atom stereocenters. The van der Waals surface area contributed by atoms with Crippen LogP contribution in [0.3, 0.4) is 0 Å². The van der Waals surface area contributed by atoms with Gasteiger partial charge in [-0.1, -0.05) is 12.1 Å². The summed E-state index contributed by atoms with van der Waals surface area (Å²) in [5.41, 5.74) is 1.36. The van der Waals surface area contributed by atoms with Crippen LogP contribution in [0.4, 0.5) is 10.8 Å². The smallest absolute Gasteiger partial charge is 0.263 e. The molecule has 2 heterocycles. The number of sulfonamides is 1. The molecule has 0 aliphatic carbocycles. The number of thiazole rings is 1. The molecule has 0 bridgehead atoms. The van der Waals surface area contributed by atoms with Crippen molar-refractivity contribution in [3.05, 3.63) is 63.9 Å². The van der Waals surface area contributed by atoms with Crippen LogP contribution < -0.4 is 15.6 Å². The number of anilines is 2. The predicted octanol–water partition coefficient (Wildman–Crippen LogP) is 2.12. The summed E-state index contributed by atoms with van der Waals surface area (Å²) in [5, 5.41) is 4.70. The molecule has 1 aromatic carbocycles. The van der Waals surface area contributed by atoms with E-state index in [9.17, 15) is 18.0 Å². The fraction of sp³-hybridized carbons (Fsp3) is 0.0625. The van der Waals surface area contributed by atoms with Gasteiger partial charge >= 0.3 is 0 Å². The van der Waals surface area contributed by atoms with E-state index < -0.39 is 21.5 Å². The molecule has 0 saturated carbocycles. The molecule has 134 valence electrons. The molecule has 0 unspecified atom stereocenters. The van der Waals surface area contributed by atoms with Gasteiger partial charge < -0.3 is 4.98 Å². The second-order valence-electron chi connectivity index (χ2n) is 5.36. The van der Waals surface area contributed by atoms with Gasteiger partial charge in [-0.25, -0.2) is 13.4 Å². The molecule has 26 heavy (non-hydrogen) atoms. The van der Waals surface area contributed by atoms with Gasteiger partial charge in [0.1, 0.15) is 5.56 Å². The summed E-state index contributed by atoms with van der Waals surface area (Å²) >= 11 is 1.22. The van der Waals surface area contributed by atoms with Crippen molar-refractivity contribution in [2.75, 3.05) is 16.3 Å². The van der Waals surface area contributed by atoms with Crippen molar-refractivity contribution >= 4 is 38.1 Å². The molecule has 0 spiro atoms. The summed E-state index contributed by atoms with van der Waals surface area (Å²) in [6.45, 7) is 0. The number of hydrogen-bond acceptors (Lipinski definition) is 6. The highest BCUT2D eigenvalue weighted by molar-refractivity contribution is 7.92. The quantitative estimate of drug-likeness (QED) is 0.616. The van der Waals surface area contributed by atoms with Gasteiger partial charge in [-0.15, -0.1) is 11.3 Å². The molecular formula is C16H14N4O4S2. The first-order chi connectivity index (χ1) is 12.3. The number of H-pyrrole nitrogens is 1. The Balaban J connectivity index is 1.75. The van der Waals surface area contributed by atoms with Crippen LogP contribution in [0, 0.1) is 0 Å². The summed E-state index contributed by atoms with van der Waals surface area (Å²) in [4.78, 5) is 30.5. The van der Waals surface area contributed by atoms with Gasteiger partial charge in [0, 0.05) is 22.8 Å². The van der Waals surface area contributed by atoms with Crippen LogP contribution in [0.25, 0.3) is 11.3 Å². The van der Waals surface area contributed by atoms with Crippen LogP contribution in [0.15, 0.2) is 52.8 Å². The number of carbonyl (C=O) groups is 1. The number of aromatic nitrogens is 2. The third-order valence-corrected chi connectivity index (χ3v) is 4.64. The minimum absolute atomic E-state index is 0.000419. The third kappa shape index (κ3) is 4.35. The van der Waals surface area contributed by atoms with E-state index in [0.717, 1.165) is 11.8 Å². The average molecular weight is 390 g/mol. The standard InChI is InChI=1S/C16H14N4O4S2/c1-26(23,24)20-11-6-4-10(5-7-11)13-9-25-16(18-13)19-15(22)12-3-2-8-17-14(12)21/h2-9,20H,1H3,(H,17,21)(H,18,19,22). The van der Waals surface area contributed by atoms with Gasteiger partial charge in [-0.2, -0.15) is 0 Å². The van der Waals surface area contributed by atoms with Crippen LogP contribution in [0.1, 0.15) is 10.4 Å². The summed E-state index contributed by atoms with van der Waals surface area (Å²) in [7, 11) is -3.33. The number of pyridine rings is 1. The zero-order chi connectivity index (χ0) is 18.7. The van der Waals surface area contributed by atoms with E-state index in [-0.39, 0.29) is 5.56 Å². The Bertz CT molecular complexity index is 1100. The summed E-state index contributed by atoms with van der Waals surface area (Å²) < 4.78 is 24.8. The molecule has 8 nitrogen and oxygen atoms in total. The molecule has 0 radical (unpaired) electrons. The largest absolute Gasteiger partial charge is 0.328 e. The van der Waals surface area contributed by atoms with Crippen LogP contribution in [-0.4, -0.2) is 30.5 Å². The first-order valence-corrected chi connectivity index (χ1v) is 10.1. The molecule has 0 fully saturated rings. The number of aromatic amines is 1. The van der Waals surface area contributed by atoms with Gasteiger partial charge in [0.05, 0.1) is 11.9 Å². The molecular weight excluding hydrogens is 376 g/mol. The fourth-order valence-corrected chi connectivity index (χ4v) is 3.43. The minimum atomic E-state index is -3.33. The second kappa shape index (κ2) is 7.10. The van der Waals surface area contributed by atoms with Crippen LogP contribution >= 0.6 is 11.3 Å². The molecule has 3 rings (SSSR count). The number of benzene rings is 1. The van der Waals surface area contributed by atoms with Gasteiger partial charge in [0.15, 0.2) is 5.13 Å². The van der Waals surface area contributed by atoms with Gasteiger partial charge in [-0.05, 0) is 24.3 Å². The lowest BCUT2D eigenvalue weighted by atomic mass is 10.1. The molecule has 0 aliphatic heterocycles. The molecule has 3 N–H and O–H groups in total. The zero-order valence-corrected chi connectivity index (χ0v) is 15.1. The van der Waals surface area contributed by atoms with Crippen molar-refractivity contribution in [1.82, 2.24) is 9.97 Å². The first kappa shape index (κ1) is 17.8. The van der Waals surface area contributed by atoms with E-state index in [0.29, 0.717) is 16.5 Å². The predicted molar refractivity (Wildman–Crippen MR) is 101 cm³/mol. The Morgan fingerprint density at radius 3 is 2.58 bits per heavy atom. The normalized spacial score (nSPS) is 11.1. The summed E-state index contributed by atoms with van der Waals surface area (Å²) in [6, 6.07) is 9.67. The summed E-state index contributed by atoms with van der Waals surface area (Å²) in [6.07, 6.45) is 2.52. The number of amides is 1. The van der Waals surface area contributed by atoms with Crippen molar-refractivity contribution in [2.24, 2.45) is 0 Å². The van der Waals surface area contributed by atoms with Crippen LogP contribution in [-0.2, 0) is 10.0 Å². The lowest BCUT2D eigenvalue weighted by molar-refractivity contribution is 0.102. The number of nitrogens with zero attached hydrogens (tertiary/aromatic N) is 1. The SMILES string of the molecule is CS(=O)(=O)Nc1ccc(-c2csc(NC(=O)c3ccc[nH]c3=O)n2)cc1. The number of hydrogen-bond donors (Lipinski definition) is 3. The van der Waals surface area contributed by atoms with Gasteiger partial charge in [0.25, 0.3) is 11.5 Å². The van der Waals surface area contributed by atoms with E-state index in [4.69, 9.17) is 0 Å². The maximum atomic E-state index is 12.1. The first-order valence-electron chi connectivity index (χ1n) is 7.35. The highest BCUT2D eigenvalue weighted by atomic mass is 32.2. The molecule has 3 aromatic rings. The highest BCUT2D eigenvalue weighted by Crippen LogP contribution is 2.26. The van der Waals surface area contributed by atoms with Gasteiger partial charge in [0.2, 0.25) is 10.0 Å². The maximum Gasteiger partial charge on any atom is 0.263 e. The van der Waals surface area contributed by atoms with Crippen molar-refractivity contribution in [1.29, 1.82) is 0 Å². The monoisotopic (exact) mass is 390 g/mol. The second-order valence-corrected chi connectivity index (χ2v) is 7.96. The Morgan fingerprint density at radius 2 is 1.92 bits per heavy atom. The Labute approximate surface area is 153 Å². The van der Waals surface area contributed by atoms with E-state index >= 15 is 0 Å². The van der Waals surface area contributed by atoms with E-state index in [1.165, 1.54) is 23.6 Å². The lowest BCUT2D eigenvalue weighted by Crippen LogP contribution is -2.22. The van der Waals surface area contributed by atoms with Crippen molar-refractivity contribution in [2.45, 2.75) is 0 Å². The van der Waals surface area contributed by atoms with Crippen molar-refractivity contribution < 1.29 is 13.2 Å². The molecule has 1 amide bonds. The Morgan fingerprint density at radius 1 is 1.19 bits per heavy atom. The molecule has 2 aromatic heterocycles. The summed E-state index contributed by atoms with van der Waals surface area (Å²) in [5.74, 6) is -0.541. The van der Waals surface area contributed by atoms with E-state index in [2.05, 4.69) is 20.0 Å². The minimum Gasteiger partial charge on any atom is -0.328 e. The lowest BCUT2D eigenvalue weighted by Gasteiger charge is -2.04. The molecule has 10 heteroatoms. The van der Waals surface area contributed by atoms with Gasteiger partial charge in [-0.3, -0.25) is 19.6 Å². The van der Waals surface area contributed by atoms with E-state index in [1.54, 1.807) is 35.7 Å². The van der Waals surface area contributed by atoms with Crippen LogP contribution in [0.5, 0.6) is 0 Å². The van der Waals surface area contributed by atoms with E-state index in [1.807, 2.05) is 0 Å². The van der Waals surface area contributed by atoms with Crippen molar-refractivity contribution in [3.63, 3.8) is 0 Å². The number of nitrogens with one attached hydrogen (secondary N) is 3. The maximum absolute atomic E-state index is 12.1. The number of carbonyl (C=O) groups excluding carboxylic acids is 1. The Hall–Kier alpha value is -2.98. The fourth-order valence-electron chi connectivity index (χ4n) is 2.15. The molecule has 0 aliphatic rings. The average Bonchev–Trinajstić information content (AvgIpc) is 3.03. The number of rotatable bonds is 5.